The molecule has 1 heterocycles. The molecular formula is C14H10O2. The van der Waals surface area contributed by atoms with Gasteiger partial charge in [0.2, 0.25) is 0 Å². The quantitative estimate of drug-likeness (QED) is 0.561. The van der Waals surface area contributed by atoms with Crippen LogP contribution in [0.15, 0.2) is 66.6 Å². The molecule has 0 radical (unpaired) electrons. The number of hydrogen-bond acceptors (Lipinski definition) is 2. The molecule has 16 heavy (non-hydrogen) atoms. The van der Waals surface area contributed by atoms with Crippen LogP contribution in [0.3, 0.4) is 0 Å². The summed E-state index contributed by atoms with van der Waals surface area (Å²) in [6, 6.07) is 20.2. The van der Waals surface area contributed by atoms with Gasteiger partial charge >= 0.3 is 5.95 Å². The Hall–Kier alpha value is -2.22. The van der Waals surface area contributed by atoms with Crippen molar-refractivity contribution in [2.45, 2.75) is 0 Å². The van der Waals surface area contributed by atoms with Crippen LogP contribution < -0.4 is 0 Å². The molecule has 0 bridgehead atoms. The third-order valence-electron chi connectivity index (χ3n) is 2.50. The largest absolute Gasteiger partial charge is 0.387 e. The Kier molecular flexibility index (Phi) is 2.11. The van der Waals surface area contributed by atoms with E-state index in [4.69, 9.17) is 9.78 Å². The minimum Gasteiger partial charge on any atom is -0.241 e. The molecule has 0 amide bonds. The molecule has 1 fully saturated rings. The first-order valence-electron chi connectivity index (χ1n) is 5.15. The third kappa shape index (κ3) is 1.65. The average molecular weight is 210 g/mol. The number of benzene rings is 2. The van der Waals surface area contributed by atoms with Crippen LogP contribution in [0, 0.1) is 0 Å². The van der Waals surface area contributed by atoms with Gasteiger partial charge in [-0.15, -0.1) is 0 Å². The van der Waals surface area contributed by atoms with Gasteiger partial charge in [-0.1, -0.05) is 60.7 Å². The van der Waals surface area contributed by atoms with E-state index in [1.54, 1.807) is 0 Å². The van der Waals surface area contributed by atoms with E-state index >= 15 is 0 Å². The molecule has 2 aromatic rings. The van der Waals surface area contributed by atoms with Gasteiger partial charge in [0.1, 0.15) is 0 Å². The molecule has 0 unspecified atom stereocenters. The summed E-state index contributed by atoms with van der Waals surface area (Å²) in [7, 11) is 0. The Morgan fingerprint density at radius 2 is 1.06 bits per heavy atom. The van der Waals surface area contributed by atoms with Crippen LogP contribution >= 0.6 is 0 Å². The van der Waals surface area contributed by atoms with Crippen LogP contribution in [0.4, 0.5) is 0 Å². The summed E-state index contributed by atoms with van der Waals surface area (Å²) in [4.78, 5) is 9.72. The summed E-state index contributed by atoms with van der Waals surface area (Å²) in [6.45, 7) is 0. The average Bonchev–Trinajstić information content (AvgIpc) is 3.17. The summed E-state index contributed by atoms with van der Waals surface area (Å²) in [5.41, 5.74) is 3.20. The predicted octanol–water partition coefficient (Wildman–Crippen LogP) is 3.37. The van der Waals surface area contributed by atoms with Crippen molar-refractivity contribution in [2.24, 2.45) is 0 Å². The Morgan fingerprint density at radius 1 is 0.625 bits per heavy atom. The molecule has 0 spiro atoms. The molecule has 1 aliphatic rings. The zero-order valence-corrected chi connectivity index (χ0v) is 8.59. The molecule has 3 rings (SSSR count). The second kappa shape index (κ2) is 3.74. The topological polar surface area (TPSA) is 25.1 Å². The van der Waals surface area contributed by atoms with Gasteiger partial charge in [0.15, 0.2) is 0 Å². The molecule has 0 aromatic heterocycles. The summed E-state index contributed by atoms with van der Waals surface area (Å²) < 4.78 is 0. The highest BCUT2D eigenvalue weighted by Crippen LogP contribution is 2.34. The van der Waals surface area contributed by atoms with E-state index in [2.05, 4.69) is 0 Å². The van der Waals surface area contributed by atoms with Crippen LogP contribution in [0.25, 0.3) is 5.57 Å². The van der Waals surface area contributed by atoms with Crippen molar-refractivity contribution in [2.75, 3.05) is 0 Å². The van der Waals surface area contributed by atoms with Gasteiger partial charge < -0.3 is 0 Å². The standard InChI is InChI=1S/C14H10O2/c1-3-7-11(8-4-1)13(14-15-16-14)12-9-5-2-6-10-12/h1-10H. The van der Waals surface area contributed by atoms with Crippen molar-refractivity contribution in [1.29, 1.82) is 0 Å². The molecule has 0 N–H and O–H groups in total. The molecule has 2 heteroatoms. The van der Waals surface area contributed by atoms with Crippen LogP contribution in [-0.4, -0.2) is 0 Å². The highest BCUT2D eigenvalue weighted by atomic mass is 17.4. The molecule has 1 aliphatic heterocycles. The minimum absolute atomic E-state index is 0.595. The van der Waals surface area contributed by atoms with E-state index < -0.39 is 0 Å². The highest BCUT2D eigenvalue weighted by molar-refractivity contribution is 5.80. The molecule has 0 aliphatic carbocycles. The molecule has 2 nitrogen and oxygen atoms in total. The van der Waals surface area contributed by atoms with Crippen LogP contribution in [0.5, 0.6) is 0 Å². The van der Waals surface area contributed by atoms with E-state index in [0.29, 0.717) is 5.95 Å². The van der Waals surface area contributed by atoms with Crippen LogP contribution in [0.2, 0.25) is 0 Å². The molecule has 0 saturated carbocycles. The normalized spacial score (nSPS) is 12.6. The molecule has 1 saturated heterocycles. The zero-order chi connectivity index (χ0) is 10.8. The summed E-state index contributed by atoms with van der Waals surface area (Å²) in [5, 5.41) is 0. The van der Waals surface area contributed by atoms with Crippen LogP contribution in [0.1, 0.15) is 11.1 Å². The monoisotopic (exact) mass is 210 g/mol. The fourth-order valence-electron chi connectivity index (χ4n) is 1.72. The van der Waals surface area contributed by atoms with Gasteiger partial charge in [-0.25, -0.2) is 9.78 Å². The fourth-order valence-corrected chi connectivity index (χ4v) is 1.72. The molecule has 2 aromatic carbocycles. The van der Waals surface area contributed by atoms with E-state index in [0.717, 1.165) is 16.7 Å². The van der Waals surface area contributed by atoms with E-state index in [-0.39, 0.29) is 0 Å². The molecule has 78 valence electrons. The highest BCUT2D eigenvalue weighted by Gasteiger charge is 2.27. The Balaban J connectivity index is 2.12. The summed E-state index contributed by atoms with van der Waals surface area (Å²) >= 11 is 0. The second-order valence-electron chi connectivity index (χ2n) is 3.56. The van der Waals surface area contributed by atoms with E-state index in [1.807, 2.05) is 60.7 Å². The maximum absolute atomic E-state index is 4.86. The summed E-state index contributed by atoms with van der Waals surface area (Å²) in [5.74, 6) is 0.595. The lowest BCUT2D eigenvalue weighted by atomic mass is 9.99. The van der Waals surface area contributed by atoms with Gasteiger partial charge in [-0.3, -0.25) is 0 Å². The van der Waals surface area contributed by atoms with Gasteiger partial charge in [-0.2, -0.15) is 0 Å². The number of hydrogen-bond donors (Lipinski definition) is 0. The molecular weight excluding hydrogens is 200 g/mol. The van der Waals surface area contributed by atoms with Crippen molar-refractivity contribution in [3.05, 3.63) is 77.7 Å². The predicted molar refractivity (Wildman–Crippen MR) is 61.1 cm³/mol. The smallest absolute Gasteiger partial charge is 0.241 e. The Morgan fingerprint density at radius 3 is 1.44 bits per heavy atom. The maximum atomic E-state index is 4.86. The third-order valence-corrected chi connectivity index (χ3v) is 2.50. The lowest BCUT2D eigenvalue weighted by Gasteiger charge is -2.03. The number of rotatable bonds is 2. The van der Waals surface area contributed by atoms with Gasteiger partial charge in [0.05, 0.1) is 5.57 Å². The fraction of sp³-hybridized carbons (Fsp3) is 0. The van der Waals surface area contributed by atoms with Gasteiger partial charge in [0, 0.05) is 0 Å². The van der Waals surface area contributed by atoms with Crippen molar-refractivity contribution >= 4 is 5.57 Å². The first-order valence-corrected chi connectivity index (χ1v) is 5.15. The first kappa shape index (κ1) is 9.04. The minimum atomic E-state index is 0.595. The summed E-state index contributed by atoms with van der Waals surface area (Å²) in [6.07, 6.45) is 0. The van der Waals surface area contributed by atoms with Gasteiger partial charge in [0.25, 0.3) is 0 Å². The molecule has 0 atom stereocenters. The van der Waals surface area contributed by atoms with Crippen molar-refractivity contribution in [3.63, 3.8) is 0 Å². The van der Waals surface area contributed by atoms with Crippen molar-refractivity contribution in [1.82, 2.24) is 0 Å². The van der Waals surface area contributed by atoms with Crippen LogP contribution in [-0.2, 0) is 9.78 Å². The first-order chi connectivity index (χ1) is 7.95. The Bertz CT molecular complexity index is 467. The zero-order valence-electron chi connectivity index (χ0n) is 8.59. The lowest BCUT2D eigenvalue weighted by Crippen LogP contribution is -1.87. The van der Waals surface area contributed by atoms with E-state index in [1.165, 1.54) is 0 Å². The van der Waals surface area contributed by atoms with Crippen molar-refractivity contribution in [3.8, 4) is 0 Å². The van der Waals surface area contributed by atoms with Gasteiger partial charge in [-0.05, 0) is 11.1 Å². The second-order valence-corrected chi connectivity index (χ2v) is 3.56. The Labute approximate surface area is 93.7 Å². The van der Waals surface area contributed by atoms with Crippen molar-refractivity contribution < 1.29 is 9.78 Å². The SMILES string of the molecule is c1ccc(C(=C2OO2)c2ccccc2)cc1. The lowest BCUT2D eigenvalue weighted by molar-refractivity contribution is 0.0850. The maximum Gasteiger partial charge on any atom is 0.387 e. The van der Waals surface area contributed by atoms with E-state index in [9.17, 15) is 0 Å².